The Bertz CT molecular complexity index is 921. The summed E-state index contributed by atoms with van der Waals surface area (Å²) < 4.78 is 13.1. The Morgan fingerprint density at radius 2 is 2.00 bits per heavy atom. The van der Waals surface area contributed by atoms with Crippen molar-refractivity contribution in [2.75, 3.05) is 19.7 Å². The second kappa shape index (κ2) is 6.96. The highest BCUT2D eigenvalue weighted by Crippen LogP contribution is 2.39. The van der Waals surface area contributed by atoms with E-state index < -0.39 is 0 Å². The van der Waals surface area contributed by atoms with Crippen LogP contribution >= 0.6 is 0 Å². The lowest BCUT2D eigenvalue weighted by Crippen LogP contribution is -2.35. The lowest BCUT2D eigenvalue weighted by atomic mass is 9.98. The molecule has 0 amide bonds. The van der Waals surface area contributed by atoms with Gasteiger partial charge in [0.1, 0.15) is 6.26 Å². The first-order valence-electron chi connectivity index (χ1n) is 9.85. The number of rotatable bonds is 6. The molecule has 1 saturated heterocycles. The van der Waals surface area contributed by atoms with Gasteiger partial charge in [0.2, 0.25) is 5.88 Å². The maximum Gasteiger partial charge on any atom is 0.231 e. The van der Waals surface area contributed by atoms with Gasteiger partial charge < -0.3 is 9.15 Å². The molecule has 1 saturated carbocycles. The molecule has 5 rings (SSSR count). The quantitative estimate of drug-likeness (QED) is 0.666. The van der Waals surface area contributed by atoms with E-state index in [-0.39, 0.29) is 0 Å². The van der Waals surface area contributed by atoms with Gasteiger partial charge >= 0.3 is 0 Å². The number of hydrogen-bond acceptors (Lipinski definition) is 6. The number of likely N-dealkylation sites (tertiary alicyclic amines) is 1. The van der Waals surface area contributed by atoms with Crippen LogP contribution in [0.2, 0.25) is 0 Å². The van der Waals surface area contributed by atoms with Gasteiger partial charge in [0.05, 0.1) is 24.2 Å². The van der Waals surface area contributed by atoms with Crippen molar-refractivity contribution in [3.05, 3.63) is 41.9 Å². The van der Waals surface area contributed by atoms with Crippen molar-refractivity contribution in [2.45, 2.75) is 45.1 Å². The maximum atomic E-state index is 5.99. The normalized spacial score (nSPS) is 19.0. The molecule has 1 aliphatic carbocycles. The number of hydrogen-bond donors (Lipinski definition) is 0. The summed E-state index contributed by atoms with van der Waals surface area (Å²) in [6, 6.07) is 3.93. The van der Waals surface area contributed by atoms with E-state index in [4.69, 9.17) is 9.15 Å². The molecule has 27 heavy (non-hydrogen) atoms. The van der Waals surface area contributed by atoms with Crippen molar-refractivity contribution in [3.8, 4) is 5.88 Å². The SMILES string of the molecule is Cc1nc(CN2CCC(COc3ccc4nc(C5CC5)cn4n3)CC2)co1. The zero-order valence-electron chi connectivity index (χ0n) is 15.7. The van der Waals surface area contributed by atoms with Crippen molar-refractivity contribution in [1.82, 2.24) is 24.5 Å². The van der Waals surface area contributed by atoms with Crippen molar-refractivity contribution in [1.29, 1.82) is 0 Å². The van der Waals surface area contributed by atoms with Gasteiger partial charge in [0.15, 0.2) is 11.5 Å². The molecule has 3 aromatic rings. The molecule has 0 atom stereocenters. The van der Waals surface area contributed by atoms with Crippen LogP contribution in [0.1, 0.15) is 48.9 Å². The van der Waals surface area contributed by atoms with Gasteiger partial charge in [-0.05, 0) is 50.8 Å². The summed E-state index contributed by atoms with van der Waals surface area (Å²) in [5.41, 5.74) is 3.08. The number of aryl methyl sites for hydroxylation is 1. The third kappa shape index (κ3) is 3.83. The molecule has 1 aliphatic heterocycles. The lowest BCUT2D eigenvalue weighted by molar-refractivity contribution is 0.133. The van der Waals surface area contributed by atoms with Gasteiger partial charge in [-0.15, -0.1) is 5.10 Å². The second-order valence-electron chi connectivity index (χ2n) is 7.80. The number of ether oxygens (including phenoxy) is 1. The van der Waals surface area contributed by atoms with Crippen LogP contribution in [0.3, 0.4) is 0 Å². The Morgan fingerprint density at radius 1 is 1.15 bits per heavy atom. The van der Waals surface area contributed by atoms with E-state index in [2.05, 4.69) is 20.0 Å². The molecule has 4 heterocycles. The number of fused-ring (bicyclic) bond motifs is 1. The molecule has 7 heteroatoms. The smallest absolute Gasteiger partial charge is 0.231 e. The summed E-state index contributed by atoms with van der Waals surface area (Å²) in [5.74, 6) is 2.63. The van der Waals surface area contributed by atoms with Crippen LogP contribution in [0.4, 0.5) is 0 Å². The first-order valence-corrected chi connectivity index (χ1v) is 9.85. The van der Waals surface area contributed by atoms with Gasteiger partial charge in [0.25, 0.3) is 0 Å². The van der Waals surface area contributed by atoms with E-state index in [1.54, 1.807) is 6.26 Å². The van der Waals surface area contributed by atoms with E-state index in [1.807, 2.05) is 29.8 Å². The van der Waals surface area contributed by atoms with Crippen LogP contribution in [-0.2, 0) is 6.54 Å². The molecule has 2 aliphatic rings. The molecule has 0 radical (unpaired) electrons. The molecule has 2 fully saturated rings. The van der Waals surface area contributed by atoms with E-state index >= 15 is 0 Å². The standard InChI is InChI=1S/C20H25N5O2/c1-14-21-17(13-26-14)10-24-8-6-15(7-9-24)12-27-20-5-4-19-22-18(16-2-3-16)11-25(19)23-20/h4-5,11,13,15-16H,2-3,6-10,12H2,1H3. The minimum absolute atomic E-state index is 0.572. The minimum Gasteiger partial charge on any atom is -0.476 e. The summed E-state index contributed by atoms with van der Waals surface area (Å²) in [5, 5.41) is 4.57. The van der Waals surface area contributed by atoms with Crippen molar-refractivity contribution in [3.63, 3.8) is 0 Å². The molecular weight excluding hydrogens is 342 g/mol. The number of oxazole rings is 1. The first kappa shape index (κ1) is 16.7. The predicted octanol–water partition coefficient (Wildman–Crippen LogP) is 3.19. The van der Waals surface area contributed by atoms with E-state index in [0.29, 0.717) is 17.7 Å². The fraction of sp³-hybridized carbons (Fsp3) is 0.550. The molecule has 3 aromatic heterocycles. The largest absolute Gasteiger partial charge is 0.476 e. The Labute approximate surface area is 158 Å². The van der Waals surface area contributed by atoms with Crippen molar-refractivity contribution >= 4 is 5.65 Å². The van der Waals surface area contributed by atoms with Crippen molar-refractivity contribution in [2.24, 2.45) is 5.92 Å². The number of aromatic nitrogens is 4. The van der Waals surface area contributed by atoms with Crippen molar-refractivity contribution < 1.29 is 9.15 Å². The number of nitrogens with zero attached hydrogens (tertiary/aromatic N) is 5. The van der Waals surface area contributed by atoms with Crippen LogP contribution in [0.25, 0.3) is 5.65 Å². The topological polar surface area (TPSA) is 68.7 Å². The fourth-order valence-electron chi connectivity index (χ4n) is 3.76. The Hall–Kier alpha value is -2.41. The Balaban J connectivity index is 1.12. The molecule has 0 N–H and O–H groups in total. The number of imidazole rings is 1. The van der Waals surface area contributed by atoms with E-state index in [0.717, 1.165) is 62.0 Å². The van der Waals surface area contributed by atoms with Crippen LogP contribution in [0, 0.1) is 12.8 Å². The zero-order chi connectivity index (χ0) is 18.2. The average molecular weight is 367 g/mol. The van der Waals surface area contributed by atoms with Crippen LogP contribution in [-0.4, -0.2) is 44.2 Å². The lowest BCUT2D eigenvalue weighted by Gasteiger charge is -2.31. The minimum atomic E-state index is 0.572. The summed E-state index contributed by atoms with van der Waals surface area (Å²) in [6.45, 7) is 5.61. The highest BCUT2D eigenvalue weighted by molar-refractivity contribution is 5.40. The summed E-state index contributed by atoms with van der Waals surface area (Å²) in [4.78, 5) is 11.5. The van der Waals surface area contributed by atoms with Crippen LogP contribution < -0.4 is 4.74 Å². The molecule has 0 spiro atoms. The molecule has 142 valence electrons. The van der Waals surface area contributed by atoms with Gasteiger partial charge in [-0.1, -0.05) is 0 Å². The molecule has 7 nitrogen and oxygen atoms in total. The summed E-state index contributed by atoms with van der Waals surface area (Å²) >= 11 is 0. The Morgan fingerprint density at radius 3 is 2.74 bits per heavy atom. The highest BCUT2D eigenvalue weighted by atomic mass is 16.5. The monoisotopic (exact) mass is 367 g/mol. The van der Waals surface area contributed by atoms with E-state index in [9.17, 15) is 0 Å². The molecule has 0 aromatic carbocycles. The van der Waals surface area contributed by atoms with Gasteiger partial charge in [-0.3, -0.25) is 4.90 Å². The van der Waals surface area contributed by atoms with Gasteiger partial charge in [-0.25, -0.2) is 14.5 Å². The molecule has 0 unspecified atom stereocenters. The maximum absolute atomic E-state index is 5.99. The average Bonchev–Trinajstić information content (AvgIpc) is 3.32. The molecular formula is C20H25N5O2. The Kier molecular flexibility index (Phi) is 4.32. The highest BCUT2D eigenvalue weighted by Gasteiger charge is 2.26. The van der Waals surface area contributed by atoms with Gasteiger partial charge in [-0.2, -0.15) is 0 Å². The van der Waals surface area contributed by atoms with E-state index in [1.165, 1.54) is 12.8 Å². The predicted molar refractivity (Wildman–Crippen MR) is 99.7 cm³/mol. The summed E-state index contributed by atoms with van der Waals surface area (Å²) in [6.07, 6.45) is 8.58. The first-order chi connectivity index (χ1) is 13.2. The van der Waals surface area contributed by atoms with Crippen LogP contribution in [0.15, 0.2) is 29.0 Å². The zero-order valence-corrected chi connectivity index (χ0v) is 15.7. The molecule has 0 bridgehead atoms. The number of piperidine rings is 1. The summed E-state index contributed by atoms with van der Waals surface area (Å²) in [7, 11) is 0. The fourth-order valence-corrected chi connectivity index (χ4v) is 3.76. The second-order valence-corrected chi connectivity index (χ2v) is 7.80. The third-order valence-corrected chi connectivity index (χ3v) is 5.54. The van der Waals surface area contributed by atoms with Crippen LogP contribution in [0.5, 0.6) is 5.88 Å². The van der Waals surface area contributed by atoms with Gasteiger partial charge in [0, 0.05) is 25.5 Å². The third-order valence-electron chi connectivity index (χ3n) is 5.54.